The van der Waals surface area contributed by atoms with E-state index in [0.29, 0.717) is 19.6 Å². The number of carbonyl (C=O) groups excluding carboxylic acids is 1. The lowest BCUT2D eigenvalue weighted by Gasteiger charge is -2.36. The number of amides is 1. The third-order valence-electron chi connectivity index (χ3n) is 4.24. The summed E-state index contributed by atoms with van der Waals surface area (Å²) < 4.78 is 13.0. The molecule has 2 aromatic rings. The number of carbonyl (C=O) groups is 1. The predicted molar refractivity (Wildman–Crippen MR) is 95.8 cm³/mol. The van der Waals surface area contributed by atoms with Gasteiger partial charge in [-0.15, -0.1) is 11.3 Å². The van der Waals surface area contributed by atoms with Crippen LogP contribution in [0.5, 0.6) is 0 Å². The molecule has 0 radical (unpaired) electrons. The van der Waals surface area contributed by atoms with E-state index in [2.05, 4.69) is 21.2 Å². The maximum atomic E-state index is 13.0. The summed E-state index contributed by atoms with van der Waals surface area (Å²) in [5.41, 5.74) is 1.01. The molecule has 1 saturated heterocycles. The molecular formula is C18H22FN3OS. The first kappa shape index (κ1) is 16.9. The van der Waals surface area contributed by atoms with E-state index in [-0.39, 0.29) is 11.7 Å². The van der Waals surface area contributed by atoms with Gasteiger partial charge in [0, 0.05) is 43.3 Å². The molecule has 0 unspecified atom stereocenters. The Bertz CT molecular complexity index is 651. The van der Waals surface area contributed by atoms with Crippen LogP contribution in [0.15, 0.2) is 41.8 Å². The Hall–Kier alpha value is -1.92. The topological polar surface area (TPSA) is 26.8 Å². The van der Waals surface area contributed by atoms with Gasteiger partial charge in [0.05, 0.1) is 6.54 Å². The van der Waals surface area contributed by atoms with E-state index >= 15 is 0 Å². The molecule has 1 fully saturated rings. The molecule has 0 bridgehead atoms. The summed E-state index contributed by atoms with van der Waals surface area (Å²) in [6.45, 7) is 4.23. The normalized spacial score (nSPS) is 15.1. The van der Waals surface area contributed by atoms with Crippen molar-refractivity contribution < 1.29 is 9.18 Å². The second-order valence-electron chi connectivity index (χ2n) is 6.10. The fourth-order valence-electron chi connectivity index (χ4n) is 2.92. The molecule has 128 valence electrons. The molecule has 0 atom stereocenters. The molecule has 1 amide bonds. The first-order valence-electron chi connectivity index (χ1n) is 8.11. The molecule has 1 aromatic heterocycles. The van der Waals surface area contributed by atoms with Crippen LogP contribution < -0.4 is 4.90 Å². The predicted octanol–water partition coefficient (Wildman–Crippen LogP) is 2.67. The number of halogens is 1. The van der Waals surface area contributed by atoms with Crippen LogP contribution in [0.2, 0.25) is 0 Å². The van der Waals surface area contributed by atoms with Crippen molar-refractivity contribution in [2.24, 2.45) is 0 Å². The zero-order valence-corrected chi connectivity index (χ0v) is 14.6. The van der Waals surface area contributed by atoms with Crippen LogP contribution in [0, 0.1) is 5.82 Å². The molecular weight excluding hydrogens is 325 g/mol. The van der Waals surface area contributed by atoms with Crippen LogP contribution in [0.25, 0.3) is 0 Å². The lowest BCUT2D eigenvalue weighted by molar-refractivity contribution is -0.132. The third kappa shape index (κ3) is 4.33. The highest BCUT2D eigenvalue weighted by Crippen LogP contribution is 2.17. The second kappa shape index (κ2) is 7.77. The molecule has 0 saturated carbocycles. The van der Waals surface area contributed by atoms with Gasteiger partial charge in [-0.2, -0.15) is 0 Å². The van der Waals surface area contributed by atoms with Crippen molar-refractivity contribution in [3.05, 3.63) is 52.5 Å². The zero-order valence-electron chi connectivity index (χ0n) is 13.8. The fraction of sp³-hybridized carbons (Fsp3) is 0.389. The van der Waals surface area contributed by atoms with Crippen LogP contribution in [-0.2, 0) is 11.3 Å². The van der Waals surface area contributed by atoms with Crippen molar-refractivity contribution in [3.8, 4) is 0 Å². The molecule has 3 rings (SSSR count). The minimum absolute atomic E-state index is 0.174. The monoisotopic (exact) mass is 347 g/mol. The number of hydrogen-bond acceptors (Lipinski definition) is 4. The molecule has 1 aliphatic rings. The van der Waals surface area contributed by atoms with E-state index < -0.39 is 0 Å². The highest BCUT2D eigenvalue weighted by Gasteiger charge is 2.22. The van der Waals surface area contributed by atoms with E-state index in [0.717, 1.165) is 25.3 Å². The van der Waals surface area contributed by atoms with Gasteiger partial charge in [0.2, 0.25) is 5.91 Å². The number of hydrogen-bond donors (Lipinski definition) is 0. The van der Waals surface area contributed by atoms with Crippen LogP contribution in [0.1, 0.15) is 4.88 Å². The van der Waals surface area contributed by atoms with Crippen LogP contribution in [-0.4, -0.2) is 55.5 Å². The smallest absolute Gasteiger partial charge is 0.236 e. The van der Waals surface area contributed by atoms with Crippen molar-refractivity contribution >= 4 is 22.9 Å². The van der Waals surface area contributed by atoms with Gasteiger partial charge in [0.1, 0.15) is 5.82 Å². The highest BCUT2D eigenvalue weighted by atomic mass is 32.1. The van der Waals surface area contributed by atoms with Crippen molar-refractivity contribution in [1.82, 2.24) is 9.80 Å². The van der Waals surface area contributed by atoms with Gasteiger partial charge in [-0.1, -0.05) is 6.07 Å². The highest BCUT2D eigenvalue weighted by molar-refractivity contribution is 7.09. The SMILES string of the molecule is CN(CC(=O)N1CCN(c2ccc(F)cc2)CC1)Cc1cccs1. The molecule has 1 aliphatic heterocycles. The number of piperazine rings is 1. The zero-order chi connectivity index (χ0) is 16.9. The quantitative estimate of drug-likeness (QED) is 0.832. The number of rotatable bonds is 5. The average Bonchev–Trinajstić information content (AvgIpc) is 3.08. The van der Waals surface area contributed by atoms with Crippen molar-refractivity contribution in [1.29, 1.82) is 0 Å². The Morgan fingerprint density at radius 1 is 1.17 bits per heavy atom. The molecule has 0 spiro atoms. The number of anilines is 1. The standard InChI is InChI=1S/C18H22FN3OS/c1-20(13-17-3-2-12-24-17)14-18(23)22-10-8-21(9-11-22)16-6-4-15(19)5-7-16/h2-7,12H,8-11,13-14H2,1H3. The Morgan fingerprint density at radius 2 is 1.88 bits per heavy atom. The van der Waals surface area contributed by atoms with Gasteiger partial charge < -0.3 is 9.80 Å². The largest absolute Gasteiger partial charge is 0.368 e. The molecule has 1 aromatic carbocycles. The van der Waals surface area contributed by atoms with Crippen LogP contribution >= 0.6 is 11.3 Å². The third-order valence-corrected chi connectivity index (χ3v) is 5.10. The summed E-state index contributed by atoms with van der Waals surface area (Å²) in [5.74, 6) is -0.0471. The first-order chi connectivity index (χ1) is 11.6. The van der Waals surface area contributed by atoms with E-state index in [1.165, 1.54) is 17.0 Å². The minimum Gasteiger partial charge on any atom is -0.368 e. The summed E-state index contributed by atoms with van der Waals surface area (Å²) in [6, 6.07) is 10.7. The van der Waals surface area contributed by atoms with E-state index in [9.17, 15) is 9.18 Å². The molecule has 2 heterocycles. The summed E-state index contributed by atoms with van der Waals surface area (Å²) in [7, 11) is 1.98. The van der Waals surface area contributed by atoms with Gasteiger partial charge in [0.25, 0.3) is 0 Å². The Kier molecular flexibility index (Phi) is 5.48. The lowest BCUT2D eigenvalue weighted by Crippen LogP contribution is -2.51. The molecule has 24 heavy (non-hydrogen) atoms. The summed E-state index contributed by atoms with van der Waals surface area (Å²) in [5, 5.41) is 2.06. The molecule has 6 heteroatoms. The van der Waals surface area contributed by atoms with Crippen molar-refractivity contribution in [3.63, 3.8) is 0 Å². The minimum atomic E-state index is -0.221. The second-order valence-corrected chi connectivity index (χ2v) is 7.13. The number of nitrogens with zero attached hydrogens (tertiary/aromatic N) is 3. The first-order valence-corrected chi connectivity index (χ1v) is 8.99. The fourth-order valence-corrected chi connectivity index (χ4v) is 3.71. The number of benzene rings is 1. The molecule has 0 N–H and O–H groups in total. The van der Waals surface area contributed by atoms with E-state index in [1.807, 2.05) is 18.0 Å². The maximum Gasteiger partial charge on any atom is 0.236 e. The van der Waals surface area contributed by atoms with Gasteiger partial charge >= 0.3 is 0 Å². The van der Waals surface area contributed by atoms with Gasteiger partial charge in [0.15, 0.2) is 0 Å². The summed E-state index contributed by atoms with van der Waals surface area (Å²) in [4.78, 5) is 19.9. The summed E-state index contributed by atoms with van der Waals surface area (Å²) in [6.07, 6.45) is 0. The Morgan fingerprint density at radius 3 is 2.50 bits per heavy atom. The molecule has 0 aliphatic carbocycles. The maximum absolute atomic E-state index is 13.0. The Labute approximate surface area is 146 Å². The number of likely N-dealkylation sites (N-methyl/N-ethyl adjacent to an activating group) is 1. The van der Waals surface area contributed by atoms with Gasteiger partial charge in [-0.05, 0) is 42.8 Å². The number of thiophene rings is 1. The Balaban J connectivity index is 1.47. The van der Waals surface area contributed by atoms with E-state index in [1.54, 1.807) is 23.5 Å². The summed E-state index contributed by atoms with van der Waals surface area (Å²) >= 11 is 1.71. The average molecular weight is 347 g/mol. The van der Waals surface area contributed by atoms with Gasteiger partial charge in [-0.3, -0.25) is 9.69 Å². The van der Waals surface area contributed by atoms with Crippen molar-refractivity contribution in [2.45, 2.75) is 6.54 Å². The molecule has 4 nitrogen and oxygen atoms in total. The van der Waals surface area contributed by atoms with E-state index in [4.69, 9.17) is 0 Å². The lowest BCUT2D eigenvalue weighted by atomic mass is 10.2. The van der Waals surface area contributed by atoms with Crippen molar-refractivity contribution in [2.75, 3.05) is 44.7 Å². The van der Waals surface area contributed by atoms with Gasteiger partial charge in [-0.25, -0.2) is 4.39 Å². The van der Waals surface area contributed by atoms with Crippen LogP contribution in [0.4, 0.5) is 10.1 Å². The van der Waals surface area contributed by atoms with Crippen LogP contribution in [0.3, 0.4) is 0 Å².